The molecule has 0 fully saturated rings. The number of nitrogens with one attached hydrogen (secondary N) is 1. The molecule has 0 aliphatic rings. The number of aliphatic hydroxyl groups is 1. The van der Waals surface area contributed by atoms with Gasteiger partial charge >= 0.3 is 0 Å². The molecule has 0 heterocycles. The van der Waals surface area contributed by atoms with Crippen molar-refractivity contribution in [1.82, 2.24) is 5.32 Å². The Morgan fingerprint density at radius 3 is 2.59 bits per heavy atom. The SMILES string of the molecule is CCC(O)CCNC(=O)c1ccc(CI)cc1. The third-order valence-corrected chi connectivity index (χ3v) is 3.49. The summed E-state index contributed by atoms with van der Waals surface area (Å²) in [6.07, 6.45) is 1.01. The van der Waals surface area contributed by atoms with E-state index in [1.54, 1.807) is 0 Å². The summed E-state index contributed by atoms with van der Waals surface area (Å²) in [7, 11) is 0. The minimum absolute atomic E-state index is 0.0756. The van der Waals surface area contributed by atoms with Crippen molar-refractivity contribution in [2.24, 2.45) is 0 Å². The topological polar surface area (TPSA) is 49.3 Å². The largest absolute Gasteiger partial charge is 0.393 e. The summed E-state index contributed by atoms with van der Waals surface area (Å²) in [4.78, 5) is 11.7. The molecule has 0 aliphatic heterocycles. The zero-order chi connectivity index (χ0) is 12.7. The highest BCUT2D eigenvalue weighted by molar-refractivity contribution is 14.1. The van der Waals surface area contributed by atoms with Gasteiger partial charge in [0, 0.05) is 16.5 Å². The molecular weight excluding hydrogens is 329 g/mol. The Bertz CT molecular complexity index is 351. The molecule has 1 atom stereocenters. The summed E-state index contributed by atoms with van der Waals surface area (Å²) >= 11 is 2.29. The fourth-order valence-corrected chi connectivity index (χ4v) is 1.91. The molecule has 17 heavy (non-hydrogen) atoms. The van der Waals surface area contributed by atoms with Crippen molar-refractivity contribution >= 4 is 28.5 Å². The van der Waals surface area contributed by atoms with Gasteiger partial charge in [-0.1, -0.05) is 41.6 Å². The predicted octanol–water partition coefficient (Wildman–Crippen LogP) is 2.51. The summed E-state index contributed by atoms with van der Waals surface area (Å²) in [5, 5.41) is 12.2. The van der Waals surface area contributed by atoms with Gasteiger partial charge in [-0.3, -0.25) is 4.79 Å². The molecule has 0 saturated heterocycles. The lowest BCUT2D eigenvalue weighted by Gasteiger charge is -2.09. The predicted molar refractivity (Wildman–Crippen MR) is 77.4 cm³/mol. The van der Waals surface area contributed by atoms with Gasteiger partial charge in [0.1, 0.15) is 0 Å². The van der Waals surface area contributed by atoms with Gasteiger partial charge in [0.05, 0.1) is 6.10 Å². The molecule has 1 aromatic rings. The molecule has 2 N–H and O–H groups in total. The minimum atomic E-state index is -0.323. The second kappa shape index (κ2) is 7.66. The van der Waals surface area contributed by atoms with Crippen LogP contribution in [0.1, 0.15) is 35.7 Å². The number of carbonyl (C=O) groups is 1. The van der Waals surface area contributed by atoms with Crippen molar-refractivity contribution in [2.45, 2.75) is 30.3 Å². The van der Waals surface area contributed by atoms with Gasteiger partial charge in [0.15, 0.2) is 0 Å². The van der Waals surface area contributed by atoms with Gasteiger partial charge in [0.2, 0.25) is 0 Å². The van der Waals surface area contributed by atoms with Gasteiger partial charge in [-0.15, -0.1) is 0 Å². The summed E-state index contributed by atoms with van der Waals surface area (Å²) in [5.74, 6) is -0.0756. The van der Waals surface area contributed by atoms with Crippen LogP contribution < -0.4 is 5.32 Å². The van der Waals surface area contributed by atoms with Gasteiger partial charge in [-0.25, -0.2) is 0 Å². The molecule has 0 saturated carbocycles. The number of hydrogen-bond acceptors (Lipinski definition) is 2. The Hall–Kier alpha value is -0.620. The molecule has 0 aliphatic carbocycles. The Labute approximate surface area is 116 Å². The van der Waals surface area contributed by atoms with Crippen LogP contribution in [0, 0.1) is 0 Å². The highest BCUT2D eigenvalue weighted by Gasteiger charge is 2.06. The molecular formula is C13H18INO2. The molecule has 0 radical (unpaired) electrons. The molecule has 1 rings (SSSR count). The van der Waals surface area contributed by atoms with Crippen molar-refractivity contribution in [2.75, 3.05) is 6.54 Å². The summed E-state index contributed by atoms with van der Waals surface area (Å²) in [6, 6.07) is 7.59. The van der Waals surface area contributed by atoms with E-state index in [1.165, 1.54) is 5.56 Å². The first kappa shape index (κ1) is 14.4. The van der Waals surface area contributed by atoms with Crippen LogP contribution in [-0.4, -0.2) is 23.7 Å². The van der Waals surface area contributed by atoms with E-state index in [1.807, 2.05) is 31.2 Å². The number of hydrogen-bond donors (Lipinski definition) is 2. The maximum absolute atomic E-state index is 11.7. The lowest BCUT2D eigenvalue weighted by atomic mass is 10.1. The first-order valence-corrected chi connectivity index (χ1v) is 7.31. The third-order valence-electron chi connectivity index (χ3n) is 2.60. The molecule has 0 aromatic heterocycles. The quantitative estimate of drug-likeness (QED) is 0.614. The second-order valence-electron chi connectivity index (χ2n) is 3.94. The Kier molecular flexibility index (Phi) is 6.50. The molecule has 3 nitrogen and oxygen atoms in total. The van der Waals surface area contributed by atoms with Crippen LogP contribution in [0.3, 0.4) is 0 Å². The van der Waals surface area contributed by atoms with Gasteiger partial charge in [-0.2, -0.15) is 0 Å². The van der Waals surface area contributed by atoms with Crippen LogP contribution in [0.4, 0.5) is 0 Å². The number of alkyl halides is 1. The Morgan fingerprint density at radius 2 is 2.06 bits per heavy atom. The lowest BCUT2D eigenvalue weighted by Crippen LogP contribution is -2.26. The second-order valence-corrected chi connectivity index (χ2v) is 4.70. The summed E-state index contributed by atoms with van der Waals surface area (Å²) in [5.41, 5.74) is 1.88. The van der Waals surface area contributed by atoms with E-state index in [4.69, 9.17) is 0 Å². The summed E-state index contributed by atoms with van der Waals surface area (Å²) in [6.45, 7) is 2.44. The standard InChI is InChI=1S/C13H18INO2/c1-2-12(16)7-8-15-13(17)11-5-3-10(9-14)4-6-11/h3-6,12,16H,2,7-9H2,1H3,(H,15,17). The van der Waals surface area contributed by atoms with Crippen LogP contribution in [0.5, 0.6) is 0 Å². The van der Waals surface area contributed by atoms with Crippen LogP contribution in [0.15, 0.2) is 24.3 Å². The number of carbonyl (C=O) groups excluding carboxylic acids is 1. The van der Waals surface area contributed by atoms with Gasteiger partial charge in [-0.05, 0) is 30.5 Å². The fourth-order valence-electron chi connectivity index (χ4n) is 1.40. The van der Waals surface area contributed by atoms with Gasteiger partial charge < -0.3 is 10.4 Å². The van der Waals surface area contributed by atoms with Crippen LogP contribution in [-0.2, 0) is 4.43 Å². The van der Waals surface area contributed by atoms with Crippen molar-refractivity contribution < 1.29 is 9.90 Å². The molecule has 1 amide bonds. The van der Waals surface area contributed by atoms with E-state index in [-0.39, 0.29) is 12.0 Å². The molecule has 0 spiro atoms. The molecule has 1 unspecified atom stereocenters. The van der Waals surface area contributed by atoms with Crippen LogP contribution in [0.2, 0.25) is 0 Å². The number of rotatable bonds is 6. The fraction of sp³-hybridized carbons (Fsp3) is 0.462. The van der Waals surface area contributed by atoms with E-state index >= 15 is 0 Å². The highest BCUT2D eigenvalue weighted by Crippen LogP contribution is 2.08. The monoisotopic (exact) mass is 347 g/mol. The first-order chi connectivity index (χ1) is 8.17. The zero-order valence-electron chi connectivity index (χ0n) is 9.95. The third kappa shape index (κ3) is 5.04. The minimum Gasteiger partial charge on any atom is -0.393 e. The average Bonchev–Trinajstić information content (AvgIpc) is 2.38. The molecule has 94 valence electrons. The van der Waals surface area contributed by atoms with Crippen LogP contribution in [0.25, 0.3) is 0 Å². The number of benzene rings is 1. The highest BCUT2D eigenvalue weighted by atomic mass is 127. The van der Waals surface area contributed by atoms with Crippen molar-refractivity contribution in [3.05, 3.63) is 35.4 Å². The molecule has 1 aromatic carbocycles. The number of aliphatic hydroxyl groups excluding tert-OH is 1. The smallest absolute Gasteiger partial charge is 0.251 e. The van der Waals surface area contributed by atoms with E-state index in [9.17, 15) is 9.90 Å². The van der Waals surface area contributed by atoms with E-state index < -0.39 is 0 Å². The Balaban J connectivity index is 2.41. The van der Waals surface area contributed by atoms with Gasteiger partial charge in [0.25, 0.3) is 5.91 Å². The number of amides is 1. The van der Waals surface area contributed by atoms with Crippen molar-refractivity contribution in [3.8, 4) is 0 Å². The van der Waals surface area contributed by atoms with E-state index in [0.29, 0.717) is 18.5 Å². The molecule has 0 bridgehead atoms. The van der Waals surface area contributed by atoms with Crippen molar-refractivity contribution in [1.29, 1.82) is 0 Å². The maximum Gasteiger partial charge on any atom is 0.251 e. The maximum atomic E-state index is 11.7. The molecule has 4 heteroatoms. The van der Waals surface area contributed by atoms with E-state index in [0.717, 1.165) is 10.8 Å². The first-order valence-electron chi connectivity index (χ1n) is 5.78. The summed E-state index contributed by atoms with van der Waals surface area (Å²) < 4.78 is 0.947. The Morgan fingerprint density at radius 1 is 1.41 bits per heavy atom. The lowest BCUT2D eigenvalue weighted by molar-refractivity contribution is 0.0942. The van der Waals surface area contributed by atoms with E-state index in [2.05, 4.69) is 27.9 Å². The average molecular weight is 347 g/mol. The van der Waals surface area contributed by atoms with Crippen LogP contribution >= 0.6 is 22.6 Å². The number of halogens is 1. The van der Waals surface area contributed by atoms with Crippen molar-refractivity contribution in [3.63, 3.8) is 0 Å². The normalized spacial score (nSPS) is 12.2. The zero-order valence-corrected chi connectivity index (χ0v) is 12.1.